The smallest absolute Gasteiger partial charge is 0.191 e. The van der Waals surface area contributed by atoms with Crippen LogP contribution in [0.25, 0.3) is 0 Å². The second kappa shape index (κ2) is 4.16. The summed E-state index contributed by atoms with van der Waals surface area (Å²) in [5, 5.41) is 6.93. The Bertz CT molecular complexity index is 323. The molecule has 0 aliphatic heterocycles. The van der Waals surface area contributed by atoms with Crippen LogP contribution in [0.1, 0.15) is 40.0 Å². The highest BCUT2D eigenvalue weighted by molar-refractivity contribution is 5.80. The van der Waals surface area contributed by atoms with Gasteiger partial charge in [0.2, 0.25) is 0 Å². The second-order valence-electron chi connectivity index (χ2n) is 6.05. The molecule has 2 atom stereocenters. The van der Waals surface area contributed by atoms with Gasteiger partial charge in [-0.2, -0.15) is 0 Å². The van der Waals surface area contributed by atoms with Crippen LogP contribution in [-0.2, 0) is 4.74 Å². The molecule has 0 radical (unpaired) electrons. The lowest BCUT2D eigenvalue weighted by atomic mass is 9.56. The number of methoxy groups -OCH3 is 1. The molecule has 2 fully saturated rings. The van der Waals surface area contributed by atoms with Crippen molar-refractivity contribution in [3.63, 3.8) is 0 Å². The summed E-state index contributed by atoms with van der Waals surface area (Å²) in [6, 6.07) is 1.07. The van der Waals surface area contributed by atoms with Gasteiger partial charge in [0.1, 0.15) is 0 Å². The third-order valence-electron chi connectivity index (χ3n) is 4.73. The number of nitrogens with one attached hydrogen (secondary N) is 2. The molecule has 2 saturated carbocycles. The normalized spacial score (nSPS) is 36.3. The van der Waals surface area contributed by atoms with Gasteiger partial charge in [0.25, 0.3) is 0 Å². The van der Waals surface area contributed by atoms with E-state index >= 15 is 0 Å². The van der Waals surface area contributed by atoms with Gasteiger partial charge in [-0.3, -0.25) is 4.99 Å². The average Bonchev–Trinajstić information content (AvgIpc) is 3.10. The van der Waals surface area contributed by atoms with Crippen LogP contribution in [0, 0.1) is 5.41 Å². The summed E-state index contributed by atoms with van der Waals surface area (Å²) in [5.74, 6) is 0.934. The van der Waals surface area contributed by atoms with Gasteiger partial charge >= 0.3 is 0 Å². The van der Waals surface area contributed by atoms with E-state index in [0.717, 1.165) is 12.4 Å². The highest BCUT2D eigenvalue weighted by Gasteiger charge is 2.58. The van der Waals surface area contributed by atoms with Crippen LogP contribution in [0.2, 0.25) is 0 Å². The van der Waals surface area contributed by atoms with Crippen molar-refractivity contribution in [2.75, 3.05) is 14.2 Å². The van der Waals surface area contributed by atoms with E-state index < -0.39 is 0 Å². The van der Waals surface area contributed by atoms with Crippen LogP contribution in [-0.4, -0.2) is 37.8 Å². The van der Waals surface area contributed by atoms with Gasteiger partial charge in [0, 0.05) is 31.7 Å². The number of rotatable bonds is 3. The van der Waals surface area contributed by atoms with E-state index in [1.54, 1.807) is 7.11 Å². The lowest BCUT2D eigenvalue weighted by molar-refractivity contribution is -0.176. The summed E-state index contributed by atoms with van der Waals surface area (Å²) in [7, 11) is 3.63. The number of aliphatic imine (C=N–C) groups is 1. The molecule has 4 nitrogen and oxygen atoms in total. The van der Waals surface area contributed by atoms with E-state index in [2.05, 4.69) is 36.4 Å². The van der Waals surface area contributed by atoms with E-state index in [9.17, 15) is 0 Å². The minimum atomic E-state index is -0.0247. The molecule has 2 aliphatic rings. The fourth-order valence-electron chi connectivity index (χ4n) is 2.48. The van der Waals surface area contributed by atoms with Crippen molar-refractivity contribution in [3.8, 4) is 0 Å². The zero-order chi connectivity index (χ0) is 12.7. The molecule has 0 bridgehead atoms. The summed E-state index contributed by atoms with van der Waals surface area (Å²) >= 11 is 0. The highest BCUT2D eigenvalue weighted by Crippen LogP contribution is 2.51. The van der Waals surface area contributed by atoms with Crippen LogP contribution in [0.15, 0.2) is 4.99 Å². The molecule has 0 saturated heterocycles. The Kier molecular flexibility index (Phi) is 3.10. The van der Waals surface area contributed by atoms with E-state index in [1.165, 1.54) is 12.8 Å². The monoisotopic (exact) mass is 239 g/mol. The van der Waals surface area contributed by atoms with E-state index in [-0.39, 0.29) is 11.0 Å². The van der Waals surface area contributed by atoms with Crippen molar-refractivity contribution in [1.82, 2.24) is 10.6 Å². The predicted molar refractivity (Wildman–Crippen MR) is 70.3 cm³/mol. The van der Waals surface area contributed by atoms with Gasteiger partial charge in [-0.05, 0) is 26.2 Å². The number of hydrogen-bond acceptors (Lipinski definition) is 2. The number of nitrogens with zero attached hydrogens (tertiary/aromatic N) is 1. The Hall–Kier alpha value is -0.770. The minimum Gasteiger partial charge on any atom is -0.378 e. The Balaban J connectivity index is 1.92. The van der Waals surface area contributed by atoms with Crippen molar-refractivity contribution in [3.05, 3.63) is 0 Å². The largest absolute Gasteiger partial charge is 0.378 e. The zero-order valence-electron chi connectivity index (χ0n) is 11.6. The maximum atomic E-state index is 5.63. The Labute approximate surface area is 104 Å². The topological polar surface area (TPSA) is 45.7 Å². The number of guanidine groups is 1. The molecule has 2 N–H and O–H groups in total. The second-order valence-corrected chi connectivity index (χ2v) is 6.05. The van der Waals surface area contributed by atoms with Crippen LogP contribution < -0.4 is 10.6 Å². The molecule has 0 aromatic rings. The summed E-state index contributed by atoms with van der Waals surface area (Å²) < 4.78 is 5.63. The molecule has 0 aromatic carbocycles. The average molecular weight is 239 g/mol. The number of ether oxygens (including phenoxy) is 1. The molecule has 0 aromatic heterocycles. The third kappa shape index (κ3) is 2.15. The summed E-state index contributed by atoms with van der Waals surface area (Å²) in [5.41, 5.74) is 0.103. The van der Waals surface area contributed by atoms with Crippen molar-refractivity contribution < 1.29 is 4.74 Å². The first-order chi connectivity index (χ1) is 7.93. The Morgan fingerprint density at radius 3 is 2.29 bits per heavy atom. The first kappa shape index (κ1) is 12.7. The molecule has 2 aliphatic carbocycles. The summed E-state index contributed by atoms with van der Waals surface area (Å²) in [6.45, 7) is 6.69. The van der Waals surface area contributed by atoms with Crippen LogP contribution >= 0.6 is 0 Å². The maximum absolute atomic E-state index is 5.63. The van der Waals surface area contributed by atoms with Gasteiger partial charge in [-0.1, -0.05) is 13.8 Å². The predicted octanol–water partition coefficient (Wildman–Crippen LogP) is 1.52. The van der Waals surface area contributed by atoms with Crippen molar-refractivity contribution >= 4 is 5.96 Å². The van der Waals surface area contributed by atoms with Crippen molar-refractivity contribution in [1.29, 1.82) is 0 Å². The molecule has 98 valence electrons. The molecule has 0 heterocycles. The molecule has 2 unspecified atom stereocenters. The van der Waals surface area contributed by atoms with Gasteiger partial charge < -0.3 is 15.4 Å². The first-order valence-corrected chi connectivity index (χ1v) is 6.48. The quantitative estimate of drug-likeness (QED) is 0.580. The van der Waals surface area contributed by atoms with Crippen LogP contribution in [0.4, 0.5) is 0 Å². The fraction of sp³-hybridized carbons (Fsp3) is 0.923. The molecule has 2 rings (SSSR count). The van der Waals surface area contributed by atoms with Crippen LogP contribution in [0.5, 0.6) is 0 Å². The SMILES string of the molecule is CN=C(NC1CC1)NC1CC(C)(OC)C1(C)C. The molecule has 17 heavy (non-hydrogen) atoms. The van der Waals surface area contributed by atoms with E-state index in [4.69, 9.17) is 4.74 Å². The standard InChI is InChI=1S/C13H25N3O/c1-12(2)10(8-13(12,3)17-5)16-11(14-4)15-9-6-7-9/h9-10H,6-8H2,1-5H3,(H2,14,15,16). The van der Waals surface area contributed by atoms with Gasteiger partial charge in [0.05, 0.1) is 5.60 Å². The Morgan fingerprint density at radius 2 is 1.88 bits per heavy atom. The van der Waals surface area contributed by atoms with Crippen molar-refractivity contribution in [2.45, 2.75) is 57.7 Å². The lowest BCUT2D eigenvalue weighted by Gasteiger charge is -2.59. The summed E-state index contributed by atoms with van der Waals surface area (Å²) in [4.78, 5) is 4.28. The number of hydrogen-bond donors (Lipinski definition) is 2. The lowest BCUT2D eigenvalue weighted by Crippen LogP contribution is -2.69. The van der Waals surface area contributed by atoms with Gasteiger partial charge in [-0.15, -0.1) is 0 Å². The molecule has 0 spiro atoms. The van der Waals surface area contributed by atoms with E-state index in [1.807, 2.05) is 7.05 Å². The molecule has 4 heteroatoms. The Morgan fingerprint density at radius 1 is 1.24 bits per heavy atom. The van der Waals surface area contributed by atoms with Crippen molar-refractivity contribution in [2.24, 2.45) is 10.4 Å². The molecule has 0 amide bonds. The van der Waals surface area contributed by atoms with Crippen LogP contribution in [0.3, 0.4) is 0 Å². The first-order valence-electron chi connectivity index (χ1n) is 6.48. The zero-order valence-corrected chi connectivity index (χ0v) is 11.6. The van der Waals surface area contributed by atoms with Gasteiger partial charge in [0.15, 0.2) is 5.96 Å². The van der Waals surface area contributed by atoms with Gasteiger partial charge in [-0.25, -0.2) is 0 Å². The molecular formula is C13H25N3O. The highest BCUT2D eigenvalue weighted by atomic mass is 16.5. The molecular weight excluding hydrogens is 214 g/mol. The third-order valence-corrected chi connectivity index (χ3v) is 4.73. The fourth-order valence-corrected chi connectivity index (χ4v) is 2.48. The van der Waals surface area contributed by atoms with E-state index in [0.29, 0.717) is 12.1 Å². The minimum absolute atomic E-state index is 0.0247. The maximum Gasteiger partial charge on any atom is 0.191 e. The summed E-state index contributed by atoms with van der Waals surface area (Å²) in [6.07, 6.45) is 3.57.